The zero-order valence-corrected chi connectivity index (χ0v) is 13.0. The third-order valence-corrected chi connectivity index (χ3v) is 3.68. The molecule has 104 valence electrons. The Labute approximate surface area is 126 Å². The third kappa shape index (κ3) is 3.17. The number of rotatable bonds is 4. The Morgan fingerprint density at radius 1 is 1.35 bits per heavy atom. The van der Waals surface area contributed by atoms with Crippen molar-refractivity contribution in [2.75, 3.05) is 0 Å². The summed E-state index contributed by atoms with van der Waals surface area (Å²) in [6.07, 6.45) is 0. The molecule has 1 heterocycles. The number of aromatic nitrogens is 1. The van der Waals surface area contributed by atoms with Crippen LogP contribution in [0.2, 0.25) is 0 Å². The van der Waals surface area contributed by atoms with Crippen LogP contribution >= 0.6 is 15.9 Å². The van der Waals surface area contributed by atoms with E-state index in [-0.39, 0.29) is 5.84 Å². The number of benzene rings is 1. The lowest BCUT2D eigenvalue weighted by molar-refractivity contribution is 0.291. The first-order valence-corrected chi connectivity index (χ1v) is 6.97. The number of ether oxygens (including phenoxy) is 1. The van der Waals surface area contributed by atoms with E-state index >= 15 is 0 Å². The smallest absolute Gasteiger partial charge is 0.225 e. The molecule has 0 saturated carbocycles. The van der Waals surface area contributed by atoms with Crippen LogP contribution in [-0.4, -0.2) is 10.8 Å². The first kappa shape index (κ1) is 14.5. The van der Waals surface area contributed by atoms with Gasteiger partial charge in [0.05, 0.1) is 5.56 Å². The summed E-state index contributed by atoms with van der Waals surface area (Å²) in [7, 11) is 0. The average Bonchev–Trinajstić information content (AvgIpc) is 2.36. The topological polar surface area (TPSA) is 72.0 Å². The lowest BCUT2D eigenvalue weighted by Gasteiger charge is -2.13. The fraction of sp³-hybridized carbons (Fsp3) is 0.200. The van der Waals surface area contributed by atoms with Crippen molar-refractivity contribution >= 4 is 21.8 Å². The molecule has 0 saturated heterocycles. The summed E-state index contributed by atoms with van der Waals surface area (Å²) in [5.41, 5.74) is 8.93. The van der Waals surface area contributed by atoms with E-state index in [0.29, 0.717) is 18.1 Å². The van der Waals surface area contributed by atoms with Crippen LogP contribution in [-0.2, 0) is 6.61 Å². The largest absolute Gasteiger partial charge is 0.472 e. The first-order chi connectivity index (χ1) is 9.49. The van der Waals surface area contributed by atoms with Crippen LogP contribution in [0.1, 0.15) is 22.4 Å². The number of pyridine rings is 1. The van der Waals surface area contributed by atoms with Gasteiger partial charge in [0.25, 0.3) is 0 Å². The fourth-order valence-electron chi connectivity index (χ4n) is 2.00. The average molecular weight is 334 g/mol. The van der Waals surface area contributed by atoms with Crippen LogP contribution in [0.4, 0.5) is 0 Å². The zero-order chi connectivity index (χ0) is 14.7. The Bertz CT molecular complexity index is 656. The lowest BCUT2D eigenvalue weighted by Crippen LogP contribution is -2.16. The normalized spacial score (nSPS) is 10.3. The molecule has 0 aliphatic carbocycles. The molecular weight excluding hydrogens is 318 g/mol. The van der Waals surface area contributed by atoms with Crippen LogP contribution < -0.4 is 10.5 Å². The van der Waals surface area contributed by atoms with Gasteiger partial charge in [0.2, 0.25) is 5.88 Å². The van der Waals surface area contributed by atoms with Crippen molar-refractivity contribution in [2.45, 2.75) is 20.5 Å². The fourth-order valence-corrected chi connectivity index (χ4v) is 2.40. The minimum absolute atomic E-state index is 0.0304. The van der Waals surface area contributed by atoms with E-state index in [0.717, 1.165) is 21.3 Å². The number of nitrogens with two attached hydrogens (primary N) is 1. The number of hydrogen-bond donors (Lipinski definition) is 2. The van der Waals surface area contributed by atoms with Gasteiger partial charge in [-0.3, -0.25) is 5.41 Å². The minimum atomic E-state index is -0.0304. The van der Waals surface area contributed by atoms with Gasteiger partial charge in [-0.2, -0.15) is 0 Å². The number of halogens is 1. The molecule has 20 heavy (non-hydrogen) atoms. The van der Waals surface area contributed by atoms with Crippen molar-refractivity contribution in [3.05, 3.63) is 57.2 Å². The standard InChI is InChI=1S/C15H16BrN3O/c1-9-7-10(2)19-15(13(9)14(17)18)20-8-11-5-3-4-6-12(11)16/h3-7H,8H2,1-2H3,(H3,17,18). The van der Waals surface area contributed by atoms with Gasteiger partial charge in [0, 0.05) is 15.7 Å². The molecule has 0 spiro atoms. The van der Waals surface area contributed by atoms with Crippen LogP contribution in [0.25, 0.3) is 0 Å². The Kier molecular flexibility index (Phi) is 4.39. The molecule has 4 nitrogen and oxygen atoms in total. The maximum absolute atomic E-state index is 7.66. The molecule has 2 aromatic rings. The van der Waals surface area contributed by atoms with Gasteiger partial charge in [-0.1, -0.05) is 34.1 Å². The lowest BCUT2D eigenvalue weighted by atomic mass is 10.1. The number of nitrogens with zero attached hydrogens (tertiary/aromatic N) is 1. The predicted octanol–water partition coefficient (Wildman–Crippen LogP) is 3.32. The highest BCUT2D eigenvalue weighted by Crippen LogP contribution is 2.23. The van der Waals surface area contributed by atoms with E-state index in [1.807, 2.05) is 44.2 Å². The Balaban J connectivity index is 2.30. The molecule has 0 bridgehead atoms. The first-order valence-electron chi connectivity index (χ1n) is 6.18. The second kappa shape index (κ2) is 6.05. The summed E-state index contributed by atoms with van der Waals surface area (Å²) in [4.78, 5) is 4.34. The Morgan fingerprint density at radius 2 is 2.05 bits per heavy atom. The van der Waals surface area contributed by atoms with Gasteiger partial charge >= 0.3 is 0 Å². The quantitative estimate of drug-likeness (QED) is 0.665. The summed E-state index contributed by atoms with van der Waals surface area (Å²) in [5.74, 6) is 0.378. The molecule has 3 N–H and O–H groups in total. The van der Waals surface area contributed by atoms with Crippen molar-refractivity contribution < 1.29 is 4.74 Å². The van der Waals surface area contributed by atoms with E-state index in [2.05, 4.69) is 20.9 Å². The minimum Gasteiger partial charge on any atom is -0.472 e. The molecule has 0 aliphatic rings. The summed E-state index contributed by atoms with van der Waals surface area (Å²) < 4.78 is 6.75. The van der Waals surface area contributed by atoms with Crippen molar-refractivity contribution in [1.82, 2.24) is 4.98 Å². The van der Waals surface area contributed by atoms with Gasteiger partial charge < -0.3 is 10.5 Å². The van der Waals surface area contributed by atoms with Gasteiger partial charge in [0.15, 0.2) is 0 Å². The highest BCUT2D eigenvalue weighted by molar-refractivity contribution is 9.10. The molecule has 0 atom stereocenters. The molecule has 0 fully saturated rings. The highest BCUT2D eigenvalue weighted by atomic mass is 79.9. The molecular formula is C15H16BrN3O. The molecule has 5 heteroatoms. The van der Waals surface area contributed by atoms with E-state index < -0.39 is 0 Å². The van der Waals surface area contributed by atoms with Crippen molar-refractivity contribution in [3.63, 3.8) is 0 Å². The number of hydrogen-bond acceptors (Lipinski definition) is 3. The van der Waals surface area contributed by atoms with Crippen LogP contribution in [0, 0.1) is 19.3 Å². The van der Waals surface area contributed by atoms with Gasteiger partial charge in [-0.15, -0.1) is 0 Å². The molecule has 2 rings (SSSR count). The molecule has 1 aromatic carbocycles. The van der Waals surface area contributed by atoms with E-state index in [9.17, 15) is 0 Å². The molecule has 0 aliphatic heterocycles. The van der Waals surface area contributed by atoms with Crippen LogP contribution in [0.5, 0.6) is 5.88 Å². The monoisotopic (exact) mass is 333 g/mol. The maximum atomic E-state index is 7.66. The maximum Gasteiger partial charge on any atom is 0.225 e. The van der Waals surface area contributed by atoms with E-state index in [1.165, 1.54) is 0 Å². The van der Waals surface area contributed by atoms with Gasteiger partial charge in [-0.05, 0) is 31.5 Å². The number of aryl methyl sites for hydroxylation is 2. The summed E-state index contributed by atoms with van der Waals surface area (Å²) >= 11 is 3.48. The third-order valence-electron chi connectivity index (χ3n) is 2.90. The van der Waals surface area contributed by atoms with Crippen LogP contribution in [0.15, 0.2) is 34.8 Å². The van der Waals surface area contributed by atoms with Crippen LogP contribution in [0.3, 0.4) is 0 Å². The Morgan fingerprint density at radius 3 is 2.70 bits per heavy atom. The number of amidine groups is 1. The predicted molar refractivity (Wildman–Crippen MR) is 83.2 cm³/mol. The number of nitrogens with one attached hydrogen (secondary N) is 1. The zero-order valence-electron chi connectivity index (χ0n) is 11.4. The van der Waals surface area contributed by atoms with E-state index in [4.69, 9.17) is 15.9 Å². The summed E-state index contributed by atoms with van der Waals surface area (Å²) in [6, 6.07) is 9.72. The molecule has 0 radical (unpaired) electrons. The van der Waals surface area contributed by atoms with Crippen molar-refractivity contribution in [2.24, 2.45) is 5.73 Å². The number of nitrogen functional groups attached to an aromatic ring is 1. The Hall–Kier alpha value is -1.88. The van der Waals surface area contributed by atoms with Crippen molar-refractivity contribution in [1.29, 1.82) is 5.41 Å². The summed E-state index contributed by atoms with van der Waals surface area (Å²) in [5, 5.41) is 7.66. The molecule has 0 amide bonds. The molecule has 1 aromatic heterocycles. The summed E-state index contributed by atoms with van der Waals surface area (Å²) in [6.45, 7) is 4.16. The highest BCUT2D eigenvalue weighted by Gasteiger charge is 2.13. The van der Waals surface area contributed by atoms with Gasteiger partial charge in [-0.25, -0.2) is 4.98 Å². The molecule has 0 unspecified atom stereocenters. The van der Waals surface area contributed by atoms with E-state index in [1.54, 1.807) is 0 Å². The second-order valence-corrected chi connectivity index (χ2v) is 5.41. The van der Waals surface area contributed by atoms with Gasteiger partial charge in [0.1, 0.15) is 12.4 Å². The van der Waals surface area contributed by atoms with Crippen molar-refractivity contribution in [3.8, 4) is 5.88 Å². The SMILES string of the molecule is Cc1cc(C)c(C(=N)N)c(OCc2ccccc2Br)n1. The second-order valence-electron chi connectivity index (χ2n) is 4.55.